The smallest absolute Gasteiger partial charge is 0.384 e. The third kappa shape index (κ3) is 2.10. The number of aliphatic hydroxyl groups is 2. The first kappa shape index (κ1) is 18.9. The van der Waals surface area contributed by atoms with Crippen LogP contribution in [0, 0.1) is 17.8 Å². The van der Waals surface area contributed by atoms with Gasteiger partial charge in [-0.25, -0.2) is 9.78 Å². The summed E-state index contributed by atoms with van der Waals surface area (Å²) in [5.41, 5.74) is -4.01. The highest BCUT2D eigenvalue weighted by Gasteiger charge is 2.81. The van der Waals surface area contributed by atoms with E-state index in [0.29, 0.717) is 19.3 Å². The Balaban J connectivity index is 1.88. The Kier molecular flexibility index (Phi) is 3.87. The highest BCUT2D eigenvalue weighted by Crippen LogP contribution is 2.65. The highest BCUT2D eigenvalue weighted by molar-refractivity contribution is 5.18. The van der Waals surface area contributed by atoms with Crippen LogP contribution in [0.15, 0.2) is 0 Å². The van der Waals surface area contributed by atoms with Crippen molar-refractivity contribution in [2.24, 2.45) is 17.8 Å². The summed E-state index contributed by atoms with van der Waals surface area (Å²) in [6, 6.07) is 0. The van der Waals surface area contributed by atoms with Gasteiger partial charge in [0.1, 0.15) is 5.60 Å². The van der Waals surface area contributed by atoms with Gasteiger partial charge >= 0.3 is 6.18 Å². The summed E-state index contributed by atoms with van der Waals surface area (Å²) in [6.45, 7) is 4.56. The molecule has 6 nitrogen and oxygen atoms in total. The van der Waals surface area contributed by atoms with Gasteiger partial charge in [-0.3, -0.25) is 0 Å². The molecule has 4 saturated heterocycles. The van der Waals surface area contributed by atoms with E-state index < -0.39 is 41.2 Å². The average Bonchev–Trinajstić information content (AvgIpc) is 2.76. The predicted octanol–water partition coefficient (Wildman–Crippen LogP) is 2.62. The molecule has 0 amide bonds. The first-order valence-corrected chi connectivity index (χ1v) is 9.15. The van der Waals surface area contributed by atoms with E-state index in [1.165, 1.54) is 0 Å². The molecule has 2 N–H and O–H groups in total. The maximum Gasteiger partial charge on any atom is 0.446 e. The molecule has 1 spiro atoms. The van der Waals surface area contributed by atoms with Crippen molar-refractivity contribution in [3.05, 3.63) is 0 Å². The Morgan fingerprint density at radius 1 is 1.04 bits per heavy atom. The van der Waals surface area contributed by atoms with Crippen LogP contribution in [-0.2, 0) is 19.2 Å². The maximum atomic E-state index is 13.7. The summed E-state index contributed by atoms with van der Waals surface area (Å²) in [7, 11) is 0. The van der Waals surface area contributed by atoms with E-state index in [9.17, 15) is 23.4 Å². The number of hydrogen-bond acceptors (Lipinski definition) is 6. The Labute approximate surface area is 149 Å². The lowest BCUT2D eigenvalue weighted by Gasteiger charge is -2.64. The molecule has 1 aliphatic carbocycles. The SMILES string of the molecule is CC[C@@H]1CC[C@H]2C(C)(O)C(O)(C(F)(F)F)O[C@@H]3O[C@]4(C)CC[C@@H]1[C@]32OO4. The van der Waals surface area contributed by atoms with Gasteiger partial charge in [0.05, 0.1) is 0 Å². The minimum Gasteiger partial charge on any atom is -0.384 e. The van der Waals surface area contributed by atoms with Crippen molar-refractivity contribution in [3.63, 3.8) is 0 Å². The number of rotatable bonds is 1. The van der Waals surface area contributed by atoms with E-state index in [-0.39, 0.29) is 18.3 Å². The summed E-state index contributed by atoms with van der Waals surface area (Å²) < 4.78 is 52.0. The van der Waals surface area contributed by atoms with Crippen molar-refractivity contribution < 1.29 is 42.6 Å². The molecule has 0 radical (unpaired) electrons. The second kappa shape index (κ2) is 5.33. The van der Waals surface area contributed by atoms with Crippen molar-refractivity contribution in [1.29, 1.82) is 0 Å². The molecule has 4 heterocycles. The number of ether oxygens (including phenoxy) is 2. The first-order valence-electron chi connectivity index (χ1n) is 9.15. The molecule has 5 rings (SSSR count). The molecule has 1 saturated carbocycles. The molecular weight excluding hydrogens is 357 g/mol. The van der Waals surface area contributed by atoms with Gasteiger partial charge < -0.3 is 19.7 Å². The first-order chi connectivity index (χ1) is 11.9. The van der Waals surface area contributed by atoms with Crippen molar-refractivity contribution in [2.45, 2.75) is 88.1 Å². The molecule has 5 aliphatic rings. The van der Waals surface area contributed by atoms with Crippen LogP contribution in [-0.4, -0.2) is 45.5 Å². The lowest BCUT2D eigenvalue weighted by molar-refractivity contribution is -0.607. The predicted molar refractivity (Wildman–Crippen MR) is 80.1 cm³/mol. The molecule has 4 aliphatic heterocycles. The van der Waals surface area contributed by atoms with Crippen molar-refractivity contribution in [2.75, 3.05) is 0 Å². The minimum absolute atomic E-state index is 0.179. The Bertz CT molecular complexity index is 598. The van der Waals surface area contributed by atoms with Crippen LogP contribution in [0.5, 0.6) is 0 Å². The summed E-state index contributed by atoms with van der Waals surface area (Å²) in [4.78, 5) is 11.2. The van der Waals surface area contributed by atoms with Crippen molar-refractivity contribution in [1.82, 2.24) is 0 Å². The Morgan fingerprint density at radius 2 is 1.73 bits per heavy atom. The Morgan fingerprint density at radius 3 is 2.35 bits per heavy atom. The molecule has 5 fully saturated rings. The van der Waals surface area contributed by atoms with Gasteiger partial charge in [0.15, 0.2) is 11.9 Å². The van der Waals surface area contributed by atoms with Crippen LogP contribution < -0.4 is 0 Å². The lowest BCUT2D eigenvalue weighted by Crippen LogP contribution is -2.81. The molecule has 150 valence electrons. The van der Waals surface area contributed by atoms with Crippen LogP contribution in [0.1, 0.15) is 52.9 Å². The molecule has 26 heavy (non-hydrogen) atoms. The maximum absolute atomic E-state index is 13.7. The van der Waals surface area contributed by atoms with Gasteiger partial charge in [0.2, 0.25) is 5.79 Å². The molecule has 0 aromatic carbocycles. The van der Waals surface area contributed by atoms with E-state index >= 15 is 0 Å². The van der Waals surface area contributed by atoms with Crippen LogP contribution in [0.2, 0.25) is 0 Å². The van der Waals surface area contributed by atoms with Crippen LogP contribution in [0.3, 0.4) is 0 Å². The van der Waals surface area contributed by atoms with E-state index in [1.54, 1.807) is 6.92 Å². The van der Waals surface area contributed by atoms with E-state index in [2.05, 4.69) is 0 Å². The zero-order valence-electron chi connectivity index (χ0n) is 15.0. The molecule has 0 aromatic heterocycles. The third-order valence-electron chi connectivity index (χ3n) is 7.07. The van der Waals surface area contributed by atoms with Crippen LogP contribution in [0.25, 0.3) is 0 Å². The fraction of sp³-hybridized carbons (Fsp3) is 1.00. The van der Waals surface area contributed by atoms with Crippen LogP contribution in [0.4, 0.5) is 13.2 Å². The highest BCUT2D eigenvalue weighted by atomic mass is 19.4. The summed E-state index contributed by atoms with van der Waals surface area (Å²) >= 11 is 0. The summed E-state index contributed by atoms with van der Waals surface area (Å²) in [5.74, 6) is -6.10. The molecule has 9 heteroatoms. The normalized spacial score (nSPS) is 56.8. The van der Waals surface area contributed by atoms with Gasteiger partial charge in [0.25, 0.3) is 5.79 Å². The standard InChI is InChI=1S/C17H25F3O6/c1-4-9-5-6-11-14(3,21)16(22,17(18,19)20)24-12-15(11)10(9)7-8-13(2,23-12)25-26-15/h9-12,21-22H,4-8H2,1-3H3/t9-,10+,11+,12+,13+,14?,15-,16?/m1/s1. The van der Waals surface area contributed by atoms with E-state index in [4.69, 9.17) is 19.2 Å². The monoisotopic (exact) mass is 382 g/mol. The minimum atomic E-state index is -5.20. The largest absolute Gasteiger partial charge is 0.446 e. The zero-order valence-corrected chi connectivity index (χ0v) is 15.0. The lowest BCUT2D eigenvalue weighted by atomic mass is 9.54. The zero-order chi connectivity index (χ0) is 19.2. The average molecular weight is 382 g/mol. The number of fused-ring (bicyclic) bond motifs is 2. The molecular formula is C17H25F3O6. The second-order valence-electron chi connectivity index (χ2n) is 8.45. The van der Waals surface area contributed by atoms with Gasteiger partial charge in [-0.15, -0.1) is 0 Å². The molecule has 2 unspecified atom stereocenters. The fourth-order valence-electron chi connectivity index (χ4n) is 5.60. The topological polar surface area (TPSA) is 77.4 Å². The van der Waals surface area contributed by atoms with Gasteiger partial charge in [-0.1, -0.05) is 13.3 Å². The van der Waals surface area contributed by atoms with Gasteiger partial charge in [0, 0.05) is 12.3 Å². The molecule has 8 atom stereocenters. The van der Waals surface area contributed by atoms with E-state index in [1.807, 2.05) is 6.92 Å². The molecule has 2 bridgehead atoms. The summed E-state index contributed by atoms with van der Waals surface area (Å²) in [5, 5.41) is 21.4. The van der Waals surface area contributed by atoms with Gasteiger partial charge in [-0.05, 0) is 44.9 Å². The fourth-order valence-corrected chi connectivity index (χ4v) is 5.60. The third-order valence-corrected chi connectivity index (χ3v) is 7.07. The van der Waals surface area contributed by atoms with Crippen molar-refractivity contribution >= 4 is 0 Å². The van der Waals surface area contributed by atoms with Crippen molar-refractivity contribution in [3.8, 4) is 0 Å². The Hall–Kier alpha value is -0.450. The summed E-state index contributed by atoms with van der Waals surface area (Å²) in [6.07, 6.45) is -3.96. The number of halogens is 3. The number of hydrogen-bond donors (Lipinski definition) is 2. The number of alkyl halides is 3. The molecule has 0 aromatic rings. The van der Waals surface area contributed by atoms with Gasteiger partial charge in [-0.2, -0.15) is 13.2 Å². The second-order valence-corrected chi connectivity index (χ2v) is 8.45. The quantitative estimate of drug-likeness (QED) is 0.679. The van der Waals surface area contributed by atoms with E-state index in [0.717, 1.165) is 13.3 Å². The van der Waals surface area contributed by atoms with Crippen LogP contribution >= 0.6 is 0 Å².